The fraction of sp³-hybridized carbons (Fsp3) is 0.562. The van der Waals surface area contributed by atoms with Crippen LogP contribution in [0.25, 0.3) is 0 Å². The number of nitrogen functional groups attached to an aromatic ring is 1. The van der Waals surface area contributed by atoms with Gasteiger partial charge in [-0.1, -0.05) is 19.1 Å². The van der Waals surface area contributed by atoms with Crippen molar-refractivity contribution in [1.82, 2.24) is 4.90 Å². The quantitative estimate of drug-likeness (QED) is 0.840. The van der Waals surface area contributed by atoms with Gasteiger partial charge in [0, 0.05) is 25.4 Å². The van der Waals surface area contributed by atoms with Crippen LogP contribution in [-0.2, 0) is 16.1 Å². The van der Waals surface area contributed by atoms with Crippen molar-refractivity contribution in [2.75, 3.05) is 18.9 Å². The maximum absolute atomic E-state index is 12.6. The molecule has 1 aliphatic heterocycles. The normalized spacial score (nSPS) is 21.9. The van der Waals surface area contributed by atoms with Gasteiger partial charge in [0.15, 0.2) is 0 Å². The Morgan fingerprint density at radius 2 is 2.30 bits per heavy atom. The van der Waals surface area contributed by atoms with E-state index in [1.165, 1.54) is 0 Å². The number of anilines is 1. The third-order valence-electron chi connectivity index (χ3n) is 3.82. The number of ether oxygens (including phenoxy) is 1. The smallest absolute Gasteiger partial charge is 0.228 e. The van der Waals surface area contributed by atoms with Crippen molar-refractivity contribution >= 4 is 11.6 Å². The summed E-state index contributed by atoms with van der Waals surface area (Å²) in [5, 5.41) is 0. The highest BCUT2D eigenvalue weighted by Crippen LogP contribution is 2.24. The highest BCUT2D eigenvalue weighted by Gasteiger charge is 2.33. The molecule has 0 spiro atoms. The first-order valence-corrected chi connectivity index (χ1v) is 7.36. The summed E-state index contributed by atoms with van der Waals surface area (Å²) >= 11 is 0. The maximum atomic E-state index is 12.6. The van der Waals surface area contributed by atoms with Gasteiger partial charge < -0.3 is 15.4 Å². The molecule has 4 nitrogen and oxygen atoms in total. The van der Waals surface area contributed by atoms with Gasteiger partial charge in [-0.05, 0) is 37.5 Å². The van der Waals surface area contributed by atoms with E-state index in [1.807, 2.05) is 36.1 Å². The molecule has 0 bridgehead atoms. The maximum Gasteiger partial charge on any atom is 0.228 e. The number of benzene rings is 1. The molecule has 1 heterocycles. The van der Waals surface area contributed by atoms with E-state index in [1.54, 1.807) is 0 Å². The van der Waals surface area contributed by atoms with E-state index in [2.05, 4.69) is 6.92 Å². The van der Waals surface area contributed by atoms with E-state index in [4.69, 9.17) is 10.5 Å². The summed E-state index contributed by atoms with van der Waals surface area (Å²) in [6.45, 7) is 6.17. The first kappa shape index (κ1) is 14.9. The number of carbonyl (C=O) groups is 1. The number of rotatable bonds is 5. The highest BCUT2D eigenvalue weighted by atomic mass is 16.5. The van der Waals surface area contributed by atoms with Gasteiger partial charge >= 0.3 is 0 Å². The Balaban J connectivity index is 2.08. The largest absolute Gasteiger partial charge is 0.399 e. The van der Waals surface area contributed by atoms with Gasteiger partial charge in [-0.3, -0.25) is 4.79 Å². The summed E-state index contributed by atoms with van der Waals surface area (Å²) in [7, 11) is 0. The molecule has 2 unspecified atom stereocenters. The minimum absolute atomic E-state index is 0.00242. The lowest BCUT2D eigenvalue weighted by Crippen LogP contribution is -2.38. The van der Waals surface area contributed by atoms with Crippen LogP contribution in [0.4, 0.5) is 5.69 Å². The summed E-state index contributed by atoms with van der Waals surface area (Å²) in [6, 6.07) is 7.74. The van der Waals surface area contributed by atoms with Crippen LogP contribution >= 0.6 is 0 Å². The molecule has 2 rings (SSSR count). The number of hydrogen-bond donors (Lipinski definition) is 1. The molecule has 0 aromatic heterocycles. The SMILES string of the molecule is CCCN(Cc1cccc(N)c1)C(=O)C1CCOC1C. The van der Waals surface area contributed by atoms with Gasteiger partial charge in [0.25, 0.3) is 0 Å². The Kier molecular flexibility index (Phi) is 5.01. The van der Waals surface area contributed by atoms with E-state index in [0.29, 0.717) is 13.2 Å². The molecule has 1 aromatic rings. The van der Waals surface area contributed by atoms with Crippen molar-refractivity contribution in [1.29, 1.82) is 0 Å². The van der Waals surface area contributed by atoms with Crippen molar-refractivity contribution in [2.24, 2.45) is 5.92 Å². The lowest BCUT2D eigenvalue weighted by molar-refractivity contribution is -0.137. The Morgan fingerprint density at radius 1 is 1.50 bits per heavy atom. The van der Waals surface area contributed by atoms with Crippen LogP contribution in [0.5, 0.6) is 0 Å². The van der Waals surface area contributed by atoms with Crippen LogP contribution in [0.3, 0.4) is 0 Å². The molecular weight excluding hydrogens is 252 g/mol. The molecule has 1 fully saturated rings. The zero-order chi connectivity index (χ0) is 14.5. The molecule has 0 aliphatic carbocycles. The van der Waals surface area contributed by atoms with Gasteiger partial charge in [-0.25, -0.2) is 0 Å². The van der Waals surface area contributed by atoms with E-state index >= 15 is 0 Å². The van der Waals surface area contributed by atoms with E-state index in [9.17, 15) is 4.79 Å². The number of nitrogens with two attached hydrogens (primary N) is 1. The summed E-state index contributed by atoms with van der Waals surface area (Å²) in [4.78, 5) is 14.6. The standard InChI is InChI=1S/C16H24N2O2/c1-3-8-18(11-13-5-4-6-14(17)10-13)16(19)15-7-9-20-12(15)2/h4-6,10,12,15H,3,7-9,11,17H2,1-2H3. The van der Waals surface area contributed by atoms with Gasteiger partial charge in [-0.15, -0.1) is 0 Å². The highest BCUT2D eigenvalue weighted by molar-refractivity contribution is 5.79. The first-order chi connectivity index (χ1) is 9.61. The van der Waals surface area contributed by atoms with Crippen molar-refractivity contribution < 1.29 is 9.53 Å². The zero-order valence-electron chi connectivity index (χ0n) is 12.3. The molecule has 110 valence electrons. The Morgan fingerprint density at radius 3 is 2.90 bits per heavy atom. The molecule has 2 atom stereocenters. The molecule has 1 aliphatic rings. The van der Waals surface area contributed by atoms with Gasteiger partial charge in [-0.2, -0.15) is 0 Å². The fourth-order valence-corrected chi connectivity index (χ4v) is 2.74. The Labute approximate surface area is 120 Å². The van der Waals surface area contributed by atoms with Gasteiger partial charge in [0.1, 0.15) is 0 Å². The average Bonchev–Trinajstić information content (AvgIpc) is 2.84. The van der Waals surface area contributed by atoms with Crippen LogP contribution in [0.1, 0.15) is 32.3 Å². The van der Waals surface area contributed by atoms with Crippen molar-refractivity contribution in [3.63, 3.8) is 0 Å². The number of carbonyl (C=O) groups excluding carboxylic acids is 1. The number of nitrogens with zero attached hydrogens (tertiary/aromatic N) is 1. The van der Waals surface area contributed by atoms with E-state index in [-0.39, 0.29) is 17.9 Å². The molecular formula is C16H24N2O2. The lowest BCUT2D eigenvalue weighted by Gasteiger charge is -2.26. The fourth-order valence-electron chi connectivity index (χ4n) is 2.74. The van der Waals surface area contributed by atoms with Crippen LogP contribution < -0.4 is 5.73 Å². The monoisotopic (exact) mass is 276 g/mol. The minimum Gasteiger partial charge on any atom is -0.399 e. The predicted octanol–water partition coefficient (Wildman–Crippen LogP) is 2.43. The predicted molar refractivity (Wildman–Crippen MR) is 80.1 cm³/mol. The summed E-state index contributed by atoms with van der Waals surface area (Å²) in [5.74, 6) is 0.210. The van der Waals surface area contributed by atoms with Crippen LogP contribution in [0, 0.1) is 5.92 Å². The average molecular weight is 276 g/mol. The molecule has 0 saturated carbocycles. The van der Waals surface area contributed by atoms with Crippen molar-refractivity contribution in [3.05, 3.63) is 29.8 Å². The second-order valence-corrected chi connectivity index (χ2v) is 5.48. The second kappa shape index (κ2) is 6.75. The lowest BCUT2D eigenvalue weighted by atomic mass is 10.0. The third kappa shape index (κ3) is 3.51. The number of hydrogen-bond acceptors (Lipinski definition) is 3. The summed E-state index contributed by atoms with van der Waals surface area (Å²) in [6.07, 6.45) is 1.82. The van der Waals surface area contributed by atoms with E-state index in [0.717, 1.165) is 30.6 Å². The summed E-state index contributed by atoms with van der Waals surface area (Å²) in [5.41, 5.74) is 7.63. The van der Waals surface area contributed by atoms with Crippen LogP contribution in [0.15, 0.2) is 24.3 Å². The van der Waals surface area contributed by atoms with E-state index < -0.39 is 0 Å². The topological polar surface area (TPSA) is 55.6 Å². The molecule has 1 amide bonds. The Bertz CT molecular complexity index is 462. The van der Waals surface area contributed by atoms with Crippen LogP contribution in [-0.4, -0.2) is 30.1 Å². The Hall–Kier alpha value is -1.55. The molecule has 1 saturated heterocycles. The molecule has 0 radical (unpaired) electrons. The van der Waals surface area contributed by atoms with Crippen molar-refractivity contribution in [2.45, 2.75) is 39.3 Å². The number of amides is 1. The summed E-state index contributed by atoms with van der Waals surface area (Å²) < 4.78 is 5.52. The molecule has 4 heteroatoms. The third-order valence-corrected chi connectivity index (χ3v) is 3.82. The van der Waals surface area contributed by atoms with Gasteiger partial charge in [0.05, 0.1) is 12.0 Å². The molecule has 1 aromatic carbocycles. The first-order valence-electron chi connectivity index (χ1n) is 7.36. The molecule has 20 heavy (non-hydrogen) atoms. The van der Waals surface area contributed by atoms with Gasteiger partial charge in [0.2, 0.25) is 5.91 Å². The minimum atomic E-state index is 0.00242. The molecule has 2 N–H and O–H groups in total. The van der Waals surface area contributed by atoms with Crippen molar-refractivity contribution in [3.8, 4) is 0 Å². The zero-order valence-corrected chi connectivity index (χ0v) is 12.3. The second-order valence-electron chi connectivity index (χ2n) is 5.48. The van der Waals surface area contributed by atoms with Crippen LogP contribution in [0.2, 0.25) is 0 Å².